The van der Waals surface area contributed by atoms with Gasteiger partial charge in [0.2, 0.25) is 0 Å². The third-order valence-electron chi connectivity index (χ3n) is 3.75. The van der Waals surface area contributed by atoms with E-state index in [1.807, 2.05) is 42.5 Å². The van der Waals surface area contributed by atoms with E-state index in [0.29, 0.717) is 0 Å². The lowest BCUT2D eigenvalue weighted by Gasteiger charge is -1.95. The minimum atomic E-state index is 1.20. The minimum Gasteiger partial charge on any atom is -0.0816 e. The zero-order valence-electron chi connectivity index (χ0n) is 15.8. The Labute approximate surface area is 154 Å². The van der Waals surface area contributed by atoms with Gasteiger partial charge in [-0.05, 0) is 25.3 Å². The molecule has 1 aromatic carbocycles. The van der Waals surface area contributed by atoms with Crippen molar-refractivity contribution >= 4 is 6.08 Å². The van der Waals surface area contributed by atoms with Gasteiger partial charge in [-0.3, -0.25) is 0 Å². The van der Waals surface area contributed by atoms with Crippen LogP contribution in [0.2, 0.25) is 0 Å². The summed E-state index contributed by atoms with van der Waals surface area (Å²) in [4.78, 5) is 0. The molecule has 0 amide bonds. The van der Waals surface area contributed by atoms with E-state index in [4.69, 9.17) is 0 Å². The Morgan fingerprint density at radius 1 is 0.760 bits per heavy atom. The zero-order chi connectivity index (χ0) is 18.0. The molecule has 0 spiro atoms. The molecule has 132 valence electrons. The summed E-state index contributed by atoms with van der Waals surface area (Å²) >= 11 is 0. The molecular formula is C25H32. The summed E-state index contributed by atoms with van der Waals surface area (Å²) in [6.45, 7) is 4.42. The number of rotatable bonds is 11. The second-order valence-corrected chi connectivity index (χ2v) is 6.08. The van der Waals surface area contributed by atoms with Crippen molar-refractivity contribution in [3.8, 4) is 0 Å². The summed E-state index contributed by atoms with van der Waals surface area (Å²) < 4.78 is 0. The molecule has 0 atom stereocenters. The molecule has 0 unspecified atom stereocenters. The van der Waals surface area contributed by atoms with Crippen LogP contribution >= 0.6 is 0 Å². The van der Waals surface area contributed by atoms with Crippen molar-refractivity contribution in [1.82, 2.24) is 0 Å². The van der Waals surface area contributed by atoms with Crippen molar-refractivity contribution in [2.24, 2.45) is 0 Å². The van der Waals surface area contributed by atoms with E-state index in [1.54, 1.807) is 0 Å². The van der Waals surface area contributed by atoms with Crippen LogP contribution in [0.15, 0.2) is 96.7 Å². The van der Waals surface area contributed by atoms with E-state index in [0.717, 1.165) is 0 Å². The highest BCUT2D eigenvalue weighted by molar-refractivity contribution is 5.50. The molecule has 0 aliphatic rings. The quantitative estimate of drug-likeness (QED) is 0.286. The van der Waals surface area contributed by atoms with Crippen LogP contribution in [0.5, 0.6) is 0 Å². The normalized spacial score (nSPS) is 13.4. The van der Waals surface area contributed by atoms with E-state index in [-0.39, 0.29) is 0 Å². The molecule has 0 radical (unpaired) electrons. The molecule has 1 rings (SSSR count). The first-order chi connectivity index (χ1) is 12.3. The van der Waals surface area contributed by atoms with Gasteiger partial charge in [0.25, 0.3) is 0 Å². The molecule has 0 aromatic heterocycles. The van der Waals surface area contributed by atoms with Gasteiger partial charge in [0.1, 0.15) is 0 Å². The monoisotopic (exact) mass is 332 g/mol. The average molecular weight is 333 g/mol. The van der Waals surface area contributed by atoms with Crippen molar-refractivity contribution in [2.45, 2.75) is 46.0 Å². The van der Waals surface area contributed by atoms with Crippen LogP contribution in [0.1, 0.15) is 51.5 Å². The van der Waals surface area contributed by atoms with Crippen LogP contribution < -0.4 is 0 Å². The average Bonchev–Trinajstić information content (AvgIpc) is 2.64. The maximum Gasteiger partial charge on any atom is -0.0257 e. The Balaban J connectivity index is 2.21. The first-order valence-corrected chi connectivity index (χ1v) is 9.39. The van der Waals surface area contributed by atoms with Crippen molar-refractivity contribution in [3.63, 3.8) is 0 Å². The lowest BCUT2D eigenvalue weighted by Crippen LogP contribution is -1.75. The molecule has 0 aliphatic carbocycles. The minimum absolute atomic E-state index is 1.20. The van der Waals surface area contributed by atoms with Gasteiger partial charge in [0, 0.05) is 0 Å². The van der Waals surface area contributed by atoms with Crippen molar-refractivity contribution < 1.29 is 0 Å². The van der Waals surface area contributed by atoms with Crippen molar-refractivity contribution in [2.75, 3.05) is 0 Å². The summed E-state index contributed by atoms with van der Waals surface area (Å²) in [5.74, 6) is 0. The number of benzene rings is 1. The van der Waals surface area contributed by atoms with Gasteiger partial charge in [0.05, 0.1) is 0 Å². The largest absolute Gasteiger partial charge is 0.0816 e. The van der Waals surface area contributed by atoms with Gasteiger partial charge < -0.3 is 0 Å². The molecule has 0 heterocycles. The van der Waals surface area contributed by atoms with Gasteiger partial charge in [-0.25, -0.2) is 0 Å². The highest BCUT2D eigenvalue weighted by atomic mass is 13.9. The predicted molar refractivity (Wildman–Crippen MR) is 115 cm³/mol. The first kappa shape index (κ1) is 20.7. The first-order valence-electron chi connectivity index (χ1n) is 9.39. The lowest BCUT2D eigenvalue weighted by molar-refractivity contribution is 0.674. The van der Waals surface area contributed by atoms with Gasteiger partial charge in [-0.2, -0.15) is 0 Å². The molecule has 0 heteroatoms. The molecule has 0 saturated carbocycles. The molecule has 0 bridgehead atoms. The molecule has 0 nitrogen and oxygen atoms in total. The molecule has 0 N–H and O–H groups in total. The van der Waals surface area contributed by atoms with Gasteiger partial charge in [-0.1, -0.05) is 129 Å². The molecule has 0 aliphatic heterocycles. The molecule has 1 aromatic rings. The molecule has 0 fully saturated rings. The van der Waals surface area contributed by atoms with E-state index < -0.39 is 0 Å². The third-order valence-corrected chi connectivity index (χ3v) is 3.75. The second-order valence-electron chi connectivity index (χ2n) is 6.08. The number of hydrogen-bond acceptors (Lipinski definition) is 0. The van der Waals surface area contributed by atoms with Crippen LogP contribution in [0.25, 0.3) is 6.08 Å². The fourth-order valence-corrected chi connectivity index (χ4v) is 2.29. The Kier molecular flexibility index (Phi) is 12.6. The van der Waals surface area contributed by atoms with E-state index in [9.17, 15) is 0 Å². The summed E-state index contributed by atoms with van der Waals surface area (Å²) in [5, 5.41) is 0. The number of hydrogen-bond donors (Lipinski definition) is 0. The summed E-state index contributed by atoms with van der Waals surface area (Å²) in [6, 6.07) is 10.3. The molecule has 25 heavy (non-hydrogen) atoms. The lowest BCUT2D eigenvalue weighted by atomic mass is 10.1. The molecular weight excluding hydrogens is 300 g/mol. The standard InChI is InChI=1S/C25H32/c1-3-4-5-10-14-19-24(2)20-15-11-8-6-7-9-12-16-21-25-22-17-13-18-23-25/h6-9,11-13,15-23H,3-5,10,14H2,1-2H3/b7-6+,11-8-,12-9+,20-15+,21-16+,24-19+. The van der Waals surface area contributed by atoms with Crippen LogP contribution in [-0.4, -0.2) is 0 Å². The fourth-order valence-electron chi connectivity index (χ4n) is 2.29. The predicted octanol–water partition coefficient (Wildman–Crippen LogP) is 7.84. The van der Waals surface area contributed by atoms with Gasteiger partial charge in [-0.15, -0.1) is 0 Å². The van der Waals surface area contributed by atoms with E-state index in [2.05, 4.69) is 68.5 Å². The maximum atomic E-state index is 2.33. The highest BCUT2D eigenvalue weighted by Crippen LogP contribution is 2.06. The molecule has 0 saturated heterocycles. The van der Waals surface area contributed by atoms with Gasteiger partial charge in [0.15, 0.2) is 0 Å². The van der Waals surface area contributed by atoms with Crippen LogP contribution in [0, 0.1) is 0 Å². The third kappa shape index (κ3) is 12.7. The second kappa shape index (κ2) is 15.2. The summed E-state index contributed by atoms with van der Waals surface area (Å²) in [7, 11) is 0. The Morgan fingerprint density at radius 3 is 2.08 bits per heavy atom. The van der Waals surface area contributed by atoms with Crippen LogP contribution in [-0.2, 0) is 0 Å². The SMILES string of the molecule is CCCCCC/C=C(C)/C=C/C=C\C=C\C=C\C=C\c1ccccc1. The van der Waals surface area contributed by atoms with E-state index >= 15 is 0 Å². The number of unbranched alkanes of at least 4 members (excludes halogenated alkanes) is 4. The van der Waals surface area contributed by atoms with Crippen molar-refractivity contribution in [1.29, 1.82) is 0 Å². The Hall–Kier alpha value is -2.34. The van der Waals surface area contributed by atoms with Crippen molar-refractivity contribution in [3.05, 3.63) is 102 Å². The topological polar surface area (TPSA) is 0 Å². The highest BCUT2D eigenvalue weighted by Gasteiger charge is 1.86. The van der Waals surface area contributed by atoms with Gasteiger partial charge >= 0.3 is 0 Å². The van der Waals surface area contributed by atoms with E-state index in [1.165, 1.54) is 43.2 Å². The summed E-state index contributed by atoms with van der Waals surface area (Å²) in [6.07, 6.45) is 29.5. The number of allylic oxidation sites excluding steroid dienone is 11. The fraction of sp³-hybridized carbons (Fsp3) is 0.280. The zero-order valence-corrected chi connectivity index (χ0v) is 15.8. The Morgan fingerprint density at radius 2 is 1.40 bits per heavy atom. The van der Waals surface area contributed by atoms with Crippen LogP contribution in [0.3, 0.4) is 0 Å². The smallest absolute Gasteiger partial charge is 0.0257 e. The maximum absolute atomic E-state index is 2.33. The van der Waals surface area contributed by atoms with Crippen LogP contribution in [0.4, 0.5) is 0 Å². The summed E-state index contributed by atoms with van der Waals surface area (Å²) in [5.41, 5.74) is 2.56. The Bertz CT molecular complexity index is 607.